The van der Waals surface area contributed by atoms with Crippen LogP contribution in [-0.4, -0.2) is 5.54 Å². The highest BCUT2D eigenvalue weighted by atomic mass is 14.8. The van der Waals surface area contributed by atoms with Gasteiger partial charge in [0.2, 0.25) is 0 Å². The van der Waals surface area contributed by atoms with Gasteiger partial charge in [-0.15, -0.1) is 0 Å². The maximum Gasteiger partial charge on any atom is 0.0495 e. The first-order chi connectivity index (χ1) is 7.08. The van der Waals surface area contributed by atoms with E-state index in [-0.39, 0.29) is 11.0 Å². The minimum Gasteiger partial charge on any atom is -0.321 e. The molecule has 0 aromatic heterocycles. The minimum atomic E-state index is -0.168. The van der Waals surface area contributed by atoms with Crippen LogP contribution in [0, 0.1) is 17.3 Å². The van der Waals surface area contributed by atoms with Crippen LogP contribution in [0.3, 0.4) is 0 Å². The molecule has 3 atom stereocenters. The molecule has 80 valence electrons. The number of rotatable bonds is 1. The Kier molecular flexibility index (Phi) is 1.66. The summed E-state index contributed by atoms with van der Waals surface area (Å²) in [6.45, 7) is 4.48. The van der Waals surface area contributed by atoms with E-state index in [9.17, 15) is 0 Å². The van der Waals surface area contributed by atoms with E-state index in [4.69, 9.17) is 5.73 Å². The van der Waals surface area contributed by atoms with Crippen LogP contribution in [0.25, 0.3) is 0 Å². The van der Waals surface area contributed by atoms with E-state index in [1.807, 2.05) is 0 Å². The van der Waals surface area contributed by atoms with Gasteiger partial charge in [0.25, 0.3) is 0 Å². The molecule has 0 aliphatic heterocycles. The van der Waals surface area contributed by atoms with Crippen LogP contribution < -0.4 is 5.73 Å². The van der Waals surface area contributed by atoms with Crippen LogP contribution in [0.1, 0.15) is 26.7 Å². The van der Waals surface area contributed by atoms with Gasteiger partial charge in [0, 0.05) is 11.0 Å². The van der Waals surface area contributed by atoms with Crippen LogP contribution >= 0.6 is 0 Å². The molecule has 0 aromatic carbocycles. The van der Waals surface area contributed by atoms with E-state index in [1.165, 1.54) is 12.8 Å². The number of hydrogen-bond acceptors (Lipinski definition) is 1. The summed E-state index contributed by atoms with van der Waals surface area (Å²) in [6.07, 6.45) is 13.9. The van der Waals surface area contributed by atoms with Crippen LogP contribution in [0.2, 0.25) is 0 Å². The zero-order valence-corrected chi connectivity index (χ0v) is 9.53. The maximum absolute atomic E-state index is 6.68. The Morgan fingerprint density at radius 2 is 2.20 bits per heavy atom. The molecule has 1 spiro atoms. The fraction of sp³-hybridized carbons (Fsp3) is 0.571. The first kappa shape index (κ1) is 9.41. The van der Waals surface area contributed by atoms with E-state index in [1.54, 1.807) is 5.57 Å². The number of nitrogens with two attached hydrogens (primary N) is 1. The molecule has 3 aliphatic rings. The molecule has 1 heteroatoms. The molecule has 0 radical (unpaired) electrons. The van der Waals surface area contributed by atoms with Crippen molar-refractivity contribution in [1.82, 2.24) is 0 Å². The third-order valence-corrected chi connectivity index (χ3v) is 4.69. The van der Waals surface area contributed by atoms with Crippen LogP contribution in [-0.2, 0) is 0 Å². The summed E-state index contributed by atoms with van der Waals surface area (Å²) in [7, 11) is 0. The normalized spacial score (nSPS) is 46.1. The molecule has 2 N–H and O–H groups in total. The Balaban J connectivity index is 2.16. The summed E-state index contributed by atoms with van der Waals surface area (Å²) in [5, 5.41) is 0. The second-order valence-corrected chi connectivity index (χ2v) is 5.64. The first-order valence-electron chi connectivity index (χ1n) is 5.96. The Morgan fingerprint density at radius 3 is 2.87 bits per heavy atom. The van der Waals surface area contributed by atoms with Crippen molar-refractivity contribution >= 4 is 0 Å². The molecule has 1 nitrogen and oxygen atoms in total. The second-order valence-electron chi connectivity index (χ2n) is 5.64. The summed E-state index contributed by atoms with van der Waals surface area (Å²) in [5.74, 6) is 1.23. The molecule has 15 heavy (non-hydrogen) atoms. The van der Waals surface area contributed by atoms with Gasteiger partial charge in [-0.2, -0.15) is 0 Å². The SMILES string of the molecule is CC(C)C1(N)C=CC=C2CC3C=CC21C3. The van der Waals surface area contributed by atoms with Gasteiger partial charge < -0.3 is 5.73 Å². The Bertz CT molecular complexity index is 388. The Hall–Kier alpha value is -0.820. The van der Waals surface area contributed by atoms with Crippen LogP contribution in [0.15, 0.2) is 36.0 Å². The lowest BCUT2D eigenvalue weighted by molar-refractivity contribution is 0.216. The van der Waals surface area contributed by atoms with Crippen molar-refractivity contribution in [1.29, 1.82) is 0 Å². The molecule has 0 saturated heterocycles. The van der Waals surface area contributed by atoms with Crippen molar-refractivity contribution in [2.24, 2.45) is 23.0 Å². The van der Waals surface area contributed by atoms with Crippen molar-refractivity contribution in [3.63, 3.8) is 0 Å². The van der Waals surface area contributed by atoms with E-state index >= 15 is 0 Å². The largest absolute Gasteiger partial charge is 0.321 e. The predicted octanol–water partition coefficient (Wildman–Crippen LogP) is 2.80. The predicted molar refractivity (Wildman–Crippen MR) is 63.3 cm³/mol. The number of allylic oxidation sites excluding steroid dienone is 3. The highest BCUT2D eigenvalue weighted by Gasteiger charge is 2.57. The molecule has 1 saturated carbocycles. The average Bonchev–Trinajstić information content (AvgIpc) is 2.75. The summed E-state index contributed by atoms with van der Waals surface area (Å²) < 4.78 is 0. The number of fused-ring (bicyclic) bond motifs is 1. The van der Waals surface area contributed by atoms with Gasteiger partial charge in [-0.05, 0) is 24.7 Å². The third kappa shape index (κ3) is 0.926. The van der Waals surface area contributed by atoms with Gasteiger partial charge >= 0.3 is 0 Å². The molecule has 0 aromatic rings. The van der Waals surface area contributed by atoms with Crippen molar-refractivity contribution in [2.75, 3.05) is 0 Å². The van der Waals surface area contributed by atoms with Gasteiger partial charge in [0.1, 0.15) is 0 Å². The minimum absolute atomic E-state index is 0.153. The lowest BCUT2D eigenvalue weighted by atomic mass is 9.60. The molecule has 3 aliphatic carbocycles. The Labute approximate surface area is 91.7 Å². The van der Waals surface area contributed by atoms with Crippen molar-refractivity contribution in [2.45, 2.75) is 32.2 Å². The summed E-state index contributed by atoms with van der Waals surface area (Å²) in [5.41, 5.74) is 8.23. The van der Waals surface area contributed by atoms with Gasteiger partial charge in [-0.25, -0.2) is 0 Å². The lowest BCUT2D eigenvalue weighted by Crippen LogP contribution is -2.57. The monoisotopic (exact) mass is 201 g/mol. The molecule has 3 unspecified atom stereocenters. The molecule has 2 bridgehead atoms. The van der Waals surface area contributed by atoms with Gasteiger partial charge in [-0.3, -0.25) is 0 Å². The molecular weight excluding hydrogens is 182 g/mol. The second kappa shape index (κ2) is 2.65. The number of hydrogen-bond donors (Lipinski definition) is 1. The van der Waals surface area contributed by atoms with Gasteiger partial charge in [0.15, 0.2) is 0 Å². The standard InChI is InChI=1S/C14H19N/c1-10(2)14(15)6-3-4-12-8-11-5-7-13(12,14)9-11/h3-7,10-11H,8-9,15H2,1-2H3. The van der Waals surface area contributed by atoms with E-state index in [0.717, 1.165) is 5.92 Å². The zero-order chi connectivity index (χ0) is 10.7. The Morgan fingerprint density at radius 1 is 1.40 bits per heavy atom. The van der Waals surface area contributed by atoms with Crippen molar-refractivity contribution < 1.29 is 0 Å². The zero-order valence-electron chi connectivity index (χ0n) is 9.53. The van der Waals surface area contributed by atoms with E-state index < -0.39 is 0 Å². The fourth-order valence-electron chi connectivity index (χ4n) is 3.69. The van der Waals surface area contributed by atoms with Crippen molar-refractivity contribution in [3.05, 3.63) is 36.0 Å². The molecule has 3 rings (SSSR count). The van der Waals surface area contributed by atoms with Gasteiger partial charge in [-0.1, -0.05) is 49.8 Å². The average molecular weight is 201 g/mol. The summed E-state index contributed by atoms with van der Waals surface area (Å²) >= 11 is 0. The fourth-order valence-corrected chi connectivity index (χ4v) is 3.69. The summed E-state index contributed by atoms with van der Waals surface area (Å²) in [4.78, 5) is 0. The van der Waals surface area contributed by atoms with Gasteiger partial charge in [0.05, 0.1) is 0 Å². The molecule has 0 amide bonds. The molecular formula is C14H19N. The topological polar surface area (TPSA) is 26.0 Å². The highest BCUT2D eigenvalue weighted by molar-refractivity contribution is 5.47. The highest BCUT2D eigenvalue weighted by Crippen LogP contribution is 2.60. The maximum atomic E-state index is 6.68. The quantitative estimate of drug-likeness (QED) is 0.649. The van der Waals surface area contributed by atoms with Crippen LogP contribution in [0.4, 0.5) is 0 Å². The smallest absolute Gasteiger partial charge is 0.0495 e. The molecule has 1 fully saturated rings. The first-order valence-corrected chi connectivity index (χ1v) is 5.96. The third-order valence-electron chi connectivity index (χ3n) is 4.69. The summed E-state index contributed by atoms with van der Waals surface area (Å²) in [6, 6.07) is 0. The van der Waals surface area contributed by atoms with Crippen molar-refractivity contribution in [3.8, 4) is 0 Å². The van der Waals surface area contributed by atoms with Crippen LogP contribution in [0.5, 0.6) is 0 Å². The van der Waals surface area contributed by atoms with E-state index in [0.29, 0.717) is 5.92 Å². The lowest BCUT2D eigenvalue weighted by Gasteiger charge is -2.48. The molecule has 0 heterocycles. The van der Waals surface area contributed by atoms with E-state index in [2.05, 4.69) is 44.2 Å².